The molecule has 1 amide bonds. The number of carbonyl (C=O) groups excluding carboxylic acids is 1. The second-order valence-corrected chi connectivity index (χ2v) is 8.03. The van der Waals surface area contributed by atoms with Crippen molar-refractivity contribution in [1.29, 1.82) is 0 Å². The first-order valence-corrected chi connectivity index (χ1v) is 10.6. The van der Waals surface area contributed by atoms with Crippen LogP contribution in [-0.2, 0) is 4.79 Å². The van der Waals surface area contributed by atoms with E-state index in [1.807, 2.05) is 22.8 Å². The van der Waals surface area contributed by atoms with E-state index in [-0.39, 0.29) is 12.6 Å². The standard InChI is InChI=1S/C23H24F2N2OS/c1-3-15(2)16-9-11-17(12-10-16)22(20-8-5-13-29-20)26-14-21(28)27-23-18(24)6-4-7-19(23)25/h4-13,15,22,26H,3,14H2,1-2H3,(H,27,28)/p+1/t15-,22+/m1/s1. The fourth-order valence-electron chi connectivity index (χ4n) is 3.18. The monoisotopic (exact) mass is 415 g/mol. The first-order chi connectivity index (χ1) is 14.0. The highest BCUT2D eigenvalue weighted by atomic mass is 32.1. The van der Waals surface area contributed by atoms with Crippen LogP contribution < -0.4 is 10.6 Å². The Morgan fingerprint density at radius 1 is 1.03 bits per heavy atom. The lowest BCUT2D eigenvalue weighted by Gasteiger charge is -2.16. The summed E-state index contributed by atoms with van der Waals surface area (Å²) >= 11 is 1.62. The average molecular weight is 416 g/mol. The minimum absolute atomic E-state index is 0.0451. The molecule has 29 heavy (non-hydrogen) atoms. The Hall–Kier alpha value is -2.57. The number of quaternary nitrogens is 1. The number of carbonyl (C=O) groups is 1. The van der Waals surface area contributed by atoms with Crippen molar-refractivity contribution in [2.75, 3.05) is 11.9 Å². The Kier molecular flexibility index (Phi) is 7.12. The number of thiophene rings is 1. The van der Waals surface area contributed by atoms with Crippen molar-refractivity contribution in [3.8, 4) is 0 Å². The summed E-state index contributed by atoms with van der Waals surface area (Å²) in [7, 11) is 0. The van der Waals surface area contributed by atoms with E-state index in [0.29, 0.717) is 5.92 Å². The minimum Gasteiger partial charge on any atom is -0.328 e. The molecule has 1 heterocycles. The van der Waals surface area contributed by atoms with Gasteiger partial charge in [0.1, 0.15) is 23.4 Å². The number of hydrogen-bond donors (Lipinski definition) is 2. The zero-order valence-electron chi connectivity index (χ0n) is 16.5. The number of anilines is 1. The van der Waals surface area contributed by atoms with Crippen molar-refractivity contribution >= 4 is 22.9 Å². The molecule has 1 aromatic heterocycles. The van der Waals surface area contributed by atoms with E-state index in [1.54, 1.807) is 11.3 Å². The van der Waals surface area contributed by atoms with E-state index in [4.69, 9.17) is 0 Å². The van der Waals surface area contributed by atoms with Gasteiger partial charge in [0.2, 0.25) is 0 Å². The molecule has 0 aliphatic carbocycles. The summed E-state index contributed by atoms with van der Waals surface area (Å²) in [4.78, 5) is 13.4. The predicted octanol–water partition coefficient (Wildman–Crippen LogP) is 4.83. The molecule has 0 spiro atoms. The summed E-state index contributed by atoms with van der Waals surface area (Å²) in [6.07, 6.45) is 1.08. The Bertz CT molecular complexity index is 922. The number of nitrogens with one attached hydrogen (secondary N) is 1. The molecule has 3 rings (SSSR count). The van der Waals surface area contributed by atoms with Crippen LogP contribution in [0, 0.1) is 11.6 Å². The number of halogens is 2. The highest BCUT2D eigenvalue weighted by Gasteiger charge is 2.21. The fourth-order valence-corrected chi connectivity index (χ4v) is 4.04. The molecule has 3 N–H and O–H groups in total. The highest BCUT2D eigenvalue weighted by Crippen LogP contribution is 2.25. The first kappa shape index (κ1) is 21.1. The molecule has 0 unspecified atom stereocenters. The van der Waals surface area contributed by atoms with Gasteiger partial charge in [-0.2, -0.15) is 0 Å². The van der Waals surface area contributed by atoms with Gasteiger partial charge in [-0.1, -0.05) is 50.2 Å². The third kappa shape index (κ3) is 5.28. The lowest BCUT2D eigenvalue weighted by atomic mass is 9.95. The maximum atomic E-state index is 13.8. The van der Waals surface area contributed by atoms with Gasteiger partial charge >= 0.3 is 0 Å². The van der Waals surface area contributed by atoms with Gasteiger partial charge in [0.15, 0.2) is 6.54 Å². The molecule has 0 radical (unpaired) electrons. The Labute approximate surface area is 173 Å². The van der Waals surface area contributed by atoms with Gasteiger partial charge in [-0.05, 0) is 41.5 Å². The highest BCUT2D eigenvalue weighted by molar-refractivity contribution is 7.10. The smallest absolute Gasteiger partial charge is 0.279 e. The van der Waals surface area contributed by atoms with Gasteiger partial charge in [-0.25, -0.2) is 8.78 Å². The maximum Gasteiger partial charge on any atom is 0.279 e. The Morgan fingerprint density at radius 2 is 1.69 bits per heavy atom. The molecule has 6 heteroatoms. The third-order valence-corrected chi connectivity index (χ3v) is 6.05. The van der Waals surface area contributed by atoms with E-state index in [9.17, 15) is 13.6 Å². The predicted molar refractivity (Wildman–Crippen MR) is 113 cm³/mol. The van der Waals surface area contributed by atoms with Gasteiger partial charge in [-0.3, -0.25) is 4.79 Å². The van der Waals surface area contributed by atoms with E-state index in [2.05, 4.69) is 43.4 Å². The largest absolute Gasteiger partial charge is 0.328 e. The molecule has 3 nitrogen and oxygen atoms in total. The number of nitrogens with two attached hydrogens (primary N) is 1. The van der Waals surface area contributed by atoms with Crippen LogP contribution in [0.3, 0.4) is 0 Å². The topological polar surface area (TPSA) is 45.7 Å². The van der Waals surface area contributed by atoms with Crippen LogP contribution in [0.1, 0.15) is 48.2 Å². The Balaban J connectivity index is 1.73. The third-order valence-electron chi connectivity index (χ3n) is 5.09. The molecule has 2 aromatic carbocycles. The summed E-state index contributed by atoms with van der Waals surface area (Å²) in [5.41, 5.74) is 1.97. The van der Waals surface area contributed by atoms with Gasteiger partial charge in [0.05, 0.1) is 4.88 Å². The van der Waals surface area contributed by atoms with Crippen LogP contribution >= 0.6 is 11.3 Å². The zero-order valence-corrected chi connectivity index (χ0v) is 17.3. The van der Waals surface area contributed by atoms with Crippen molar-refractivity contribution in [2.24, 2.45) is 0 Å². The quantitative estimate of drug-likeness (QED) is 0.544. The normalized spacial score (nSPS) is 13.1. The van der Waals surface area contributed by atoms with Gasteiger partial charge < -0.3 is 10.6 Å². The lowest BCUT2D eigenvalue weighted by molar-refractivity contribution is -0.675. The van der Waals surface area contributed by atoms with Crippen LogP contribution in [0.15, 0.2) is 60.0 Å². The van der Waals surface area contributed by atoms with Crippen molar-refractivity contribution in [3.63, 3.8) is 0 Å². The SMILES string of the molecule is CC[C@@H](C)c1ccc([C@H]([NH2+]CC(=O)Nc2c(F)cccc2F)c2cccs2)cc1. The molecular formula is C23H25F2N2OS+. The second-order valence-electron chi connectivity index (χ2n) is 7.05. The summed E-state index contributed by atoms with van der Waals surface area (Å²) in [5.74, 6) is -1.52. The van der Waals surface area contributed by atoms with Crippen molar-refractivity contribution < 1.29 is 18.9 Å². The molecular weight excluding hydrogens is 390 g/mol. The summed E-state index contributed by atoms with van der Waals surface area (Å²) in [5, 5.41) is 6.23. The van der Waals surface area contributed by atoms with Crippen LogP contribution in [0.4, 0.5) is 14.5 Å². The Morgan fingerprint density at radius 3 is 2.28 bits per heavy atom. The summed E-state index contributed by atoms with van der Waals surface area (Å²) < 4.78 is 27.5. The lowest BCUT2D eigenvalue weighted by Crippen LogP contribution is -2.87. The van der Waals surface area contributed by atoms with Crippen molar-refractivity contribution in [3.05, 3.63) is 87.6 Å². The van der Waals surface area contributed by atoms with Crippen LogP contribution in [0.5, 0.6) is 0 Å². The zero-order chi connectivity index (χ0) is 20.8. The van der Waals surface area contributed by atoms with Crippen LogP contribution in [0.2, 0.25) is 0 Å². The van der Waals surface area contributed by atoms with E-state index in [1.165, 1.54) is 11.6 Å². The summed E-state index contributed by atoms with van der Waals surface area (Å²) in [6, 6.07) is 15.9. The molecule has 0 aliphatic rings. The van der Waals surface area contributed by atoms with Crippen molar-refractivity contribution in [1.82, 2.24) is 0 Å². The molecule has 0 aliphatic heterocycles. The number of para-hydroxylation sites is 1. The van der Waals surface area contributed by atoms with Crippen molar-refractivity contribution in [2.45, 2.75) is 32.2 Å². The van der Waals surface area contributed by atoms with E-state index < -0.39 is 23.2 Å². The molecule has 2 atom stereocenters. The molecule has 0 saturated heterocycles. The van der Waals surface area contributed by atoms with E-state index >= 15 is 0 Å². The number of rotatable bonds is 8. The second kappa shape index (κ2) is 9.76. The minimum atomic E-state index is -0.784. The van der Waals surface area contributed by atoms with Gasteiger partial charge in [0.25, 0.3) is 5.91 Å². The van der Waals surface area contributed by atoms with Crippen LogP contribution in [-0.4, -0.2) is 12.5 Å². The van der Waals surface area contributed by atoms with Gasteiger partial charge in [-0.15, -0.1) is 11.3 Å². The molecule has 0 fully saturated rings. The van der Waals surface area contributed by atoms with Gasteiger partial charge in [0, 0.05) is 5.56 Å². The van der Waals surface area contributed by atoms with E-state index in [0.717, 1.165) is 29.0 Å². The first-order valence-electron chi connectivity index (χ1n) is 9.70. The van der Waals surface area contributed by atoms with Crippen LogP contribution in [0.25, 0.3) is 0 Å². The molecule has 152 valence electrons. The molecule has 3 aromatic rings. The average Bonchev–Trinajstić information content (AvgIpc) is 3.25. The fraction of sp³-hybridized carbons (Fsp3) is 0.261. The number of hydrogen-bond acceptors (Lipinski definition) is 2. The summed E-state index contributed by atoms with van der Waals surface area (Å²) in [6.45, 7) is 4.41. The number of benzene rings is 2. The number of amides is 1. The molecule has 0 saturated carbocycles. The maximum absolute atomic E-state index is 13.8. The molecule has 0 bridgehead atoms.